The van der Waals surface area contributed by atoms with E-state index < -0.39 is 0 Å². The summed E-state index contributed by atoms with van der Waals surface area (Å²) in [7, 11) is 1.60. The Hall–Kier alpha value is -2.18. The Morgan fingerprint density at radius 2 is 1.96 bits per heavy atom. The first-order valence-electron chi connectivity index (χ1n) is 7.76. The molecule has 0 aromatic heterocycles. The molecular weight excluding hydrogens is 400 g/mol. The second-order valence-corrected chi connectivity index (χ2v) is 6.94. The third kappa shape index (κ3) is 3.60. The number of amides is 1. The van der Waals surface area contributed by atoms with Gasteiger partial charge in [0.2, 0.25) is 0 Å². The molecule has 6 heteroatoms. The van der Waals surface area contributed by atoms with Crippen LogP contribution in [0.15, 0.2) is 58.7 Å². The number of hydrogen-bond donors (Lipinski definition) is 1. The van der Waals surface area contributed by atoms with Crippen LogP contribution in [0, 0.1) is 0 Å². The maximum atomic E-state index is 12.9. The number of rotatable bonds is 4. The number of ether oxygens (including phenoxy) is 1. The van der Waals surface area contributed by atoms with Crippen LogP contribution in [0.1, 0.15) is 24.1 Å². The molecule has 1 unspecified atom stereocenters. The molecule has 4 nitrogen and oxygen atoms in total. The Morgan fingerprint density at radius 1 is 1.24 bits per heavy atom. The Kier molecular flexibility index (Phi) is 5.20. The molecule has 1 aliphatic rings. The van der Waals surface area contributed by atoms with Gasteiger partial charge in [0.1, 0.15) is 11.4 Å². The molecule has 0 saturated carbocycles. The highest BCUT2D eigenvalue weighted by atomic mass is 79.9. The molecule has 0 radical (unpaired) electrons. The minimum absolute atomic E-state index is 0.149. The van der Waals surface area contributed by atoms with E-state index in [0.29, 0.717) is 16.6 Å². The van der Waals surface area contributed by atoms with E-state index in [1.165, 1.54) is 0 Å². The number of benzene rings is 2. The molecule has 1 fully saturated rings. The summed E-state index contributed by atoms with van der Waals surface area (Å²) < 4.78 is 6.27. The van der Waals surface area contributed by atoms with Crippen LogP contribution in [0.2, 0.25) is 0 Å². The van der Waals surface area contributed by atoms with Crippen molar-refractivity contribution in [3.05, 3.63) is 69.8 Å². The van der Waals surface area contributed by atoms with Gasteiger partial charge in [0.25, 0.3) is 5.91 Å². The molecule has 2 aromatic rings. The van der Waals surface area contributed by atoms with Crippen LogP contribution in [-0.2, 0) is 4.79 Å². The molecule has 1 N–H and O–H groups in total. The molecule has 128 valence electrons. The van der Waals surface area contributed by atoms with E-state index in [4.69, 9.17) is 17.0 Å². The highest BCUT2D eigenvalue weighted by molar-refractivity contribution is 9.10. The maximum absolute atomic E-state index is 12.9. The fraction of sp³-hybridized carbons (Fsp3) is 0.158. The van der Waals surface area contributed by atoms with E-state index in [1.807, 2.05) is 55.5 Å². The first-order chi connectivity index (χ1) is 12.0. The summed E-state index contributed by atoms with van der Waals surface area (Å²) in [6.45, 7) is 1.96. The molecule has 1 saturated heterocycles. The fourth-order valence-corrected chi connectivity index (χ4v) is 3.48. The SMILES string of the molecule is COc1ccc(Br)cc1/C=C1\NC(=S)N(C(C)c2ccccc2)C1=O. The smallest absolute Gasteiger partial charge is 0.277 e. The topological polar surface area (TPSA) is 41.6 Å². The number of thiocarbonyl (C=S) groups is 1. The number of nitrogens with zero attached hydrogens (tertiary/aromatic N) is 1. The maximum Gasteiger partial charge on any atom is 0.277 e. The van der Waals surface area contributed by atoms with Gasteiger partial charge in [-0.3, -0.25) is 9.69 Å². The number of halogens is 1. The third-order valence-corrected chi connectivity index (χ3v) is 4.86. The van der Waals surface area contributed by atoms with E-state index in [2.05, 4.69) is 21.2 Å². The van der Waals surface area contributed by atoms with E-state index in [1.54, 1.807) is 18.1 Å². The lowest BCUT2D eigenvalue weighted by atomic mass is 10.1. The van der Waals surface area contributed by atoms with Gasteiger partial charge < -0.3 is 10.1 Å². The number of carbonyl (C=O) groups is 1. The quantitative estimate of drug-likeness (QED) is 0.596. The predicted octanol–water partition coefficient (Wildman–Crippen LogP) is 4.28. The van der Waals surface area contributed by atoms with Gasteiger partial charge in [0, 0.05) is 10.0 Å². The molecular formula is C19H17BrN2O2S. The Balaban J connectivity index is 1.93. The van der Waals surface area contributed by atoms with Crippen LogP contribution in [0.5, 0.6) is 5.75 Å². The lowest BCUT2D eigenvalue weighted by Crippen LogP contribution is -2.33. The van der Waals surface area contributed by atoms with Gasteiger partial charge in [-0.15, -0.1) is 0 Å². The molecule has 2 aromatic carbocycles. The summed E-state index contributed by atoms with van der Waals surface area (Å²) in [6.07, 6.45) is 1.76. The van der Waals surface area contributed by atoms with Crippen LogP contribution in [0.25, 0.3) is 6.08 Å². The Labute approximate surface area is 160 Å². The number of hydrogen-bond acceptors (Lipinski definition) is 3. The van der Waals surface area contributed by atoms with Gasteiger partial charge in [0.15, 0.2) is 5.11 Å². The monoisotopic (exact) mass is 416 g/mol. The van der Waals surface area contributed by atoms with Crippen molar-refractivity contribution in [3.8, 4) is 5.75 Å². The molecule has 25 heavy (non-hydrogen) atoms. The lowest BCUT2D eigenvalue weighted by molar-refractivity contribution is -0.123. The van der Waals surface area contributed by atoms with Gasteiger partial charge in [-0.1, -0.05) is 46.3 Å². The molecule has 0 aliphatic carbocycles. The van der Waals surface area contributed by atoms with E-state index in [9.17, 15) is 4.79 Å². The van der Waals surface area contributed by atoms with Crippen molar-refractivity contribution in [2.45, 2.75) is 13.0 Å². The van der Waals surface area contributed by atoms with Crippen LogP contribution >= 0.6 is 28.1 Å². The largest absolute Gasteiger partial charge is 0.496 e. The van der Waals surface area contributed by atoms with Crippen molar-refractivity contribution in [2.24, 2.45) is 0 Å². The minimum atomic E-state index is -0.150. The zero-order chi connectivity index (χ0) is 18.0. The first-order valence-corrected chi connectivity index (χ1v) is 8.96. The van der Waals surface area contributed by atoms with Crippen molar-refractivity contribution in [3.63, 3.8) is 0 Å². The summed E-state index contributed by atoms with van der Waals surface area (Å²) in [5.74, 6) is 0.536. The van der Waals surface area contributed by atoms with Crippen molar-refractivity contribution >= 4 is 45.2 Å². The third-order valence-electron chi connectivity index (χ3n) is 4.07. The van der Waals surface area contributed by atoms with Crippen molar-refractivity contribution in [1.29, 1.82) is 0 Å². The van der Waals surface area contributed by atoms with E-state index in [0.717, 1.165) is 15.6 Å². The second kappa shape index (κ2) is 7.37. The van der Waals surface area contributed by atoms with Crippen LogP contribution in [0.4, 0.5) is 0 Å². The summed E-state index contributed by atoms with van der Waals surface area (Å²) in [4.78, 5) is 14.5. The fourth-order valence-electron chi connectivity index (χ4n) is 2.75. The number of carbonyl (C=O) groups excluding carboxylic acids is 1. The zero-order valence-electron chi connectivity index (χ0n) is 13.8. The Morgan fingerprint density at radius 3 is 2.64 bits per heavy atom. The molecule has 1 aliphatic heterocycles. The van der Waals surface area contributed by atoms with Gasteiger partial charge in [-0.05, 0) is 49.0 Å². The van der Waals surface area contributed by atoms with Gasteiger partial charge in [-0.25, -0.2) is 0 Å². The van der Waals surface area contributed by atoms with Crippen molar-refractivity contribution in [2.75, 3.05) is 7.11 Å². The molecule has 1 heterocycles. The molecule has 1 atom stereocenters. The van der Waals surface area contributed by atoms with E-state index in [-0.39, 0.29) is 11.9 Å². The van der Waals surface area contributed by atoms with Gasteiger partial charge in [-0.2, -0.15) is 0 Å². The second-order valence-electron chi connectivity index (χ2n) is 5.64. The summed E-state index contributed by atoms with van der Waals surface area (Å²) >= 11 is 8.83. The molecule has 0 spiro atoms. The average molecular weight is 417 g/mol. The summed E-state index contributed by atoms with van der Waals surface area (Å²) in [5.41, 5.74) is 2.26. The number of methoxy groups -OCH3 is 1. The molecule has 0 bridgehead atoms. The number of nitrogens with one attached hydrogen (secondary N) is 1. The predicted molar refractivity (Wildman–Crippen MR) is 106 cm³/mol. The standard InChI is InChI=1S/C19H17BrN2O2S/c1-12(13-6-4-3-5-7-13)22-18(23)16(21-19(22)25)11-14-10-15(20)8-9-17(14)24-2/h3-12H,1-2H3,(H,21,25)/b16-11-. The molecule has 1 amide bonds. The first kappa shape index (κ1) is 17.6. The normalized spacial score (nSPS) is 16.9. The van der Waals surface area contributed by atoms with Crippen molar-refractivity contribution in [1.82, 2.24) is 10.2 Å². The zero-order valence-corrected chi connectivity index (χ0v) is 16.2. The average Bonchev–Trinajstić information content (AvgIpc) is 2.89. The van der Waals surface area contributed by atoms with Gasteiger partial charge >= 0.3 is 0 Å². The summed E-state index contributed by atoms with van der Waals surface area (Å²) in [6, 6.07) is 15.3. The van der Waals surface area contributed by atoms with E-state index >= 15 is 0 Å². The van der Waals surface area contributed by atoms with Crippen LogP contribution in [-0.4, -0.2) is 23.0 Å². The van der Waals surface area contributed by atoms with Crippen molar-refractivity contribution < 1.29 is 9.53 Å². The van der Waals surface area contributed by atoms with Crippen LogP contribution < -0.4 is 10.1 Å². The van der Waals surface area contributed by atoms with Crippen LogP contribution in [0.3, 0.4) is 0 Å². The summed E-state index contributed by atoms with van der Waals surface area (Å²) in [5, 5.41) is 3.43. The van der Waals surface area contributed by atoms with Gasteiger partial charge in [0.05, 0.1) is 13.2 Å². The minimum Gasteiger partial charge on any atom is -0.496 e. The Bertz CT molecular complexity index is 852. The highest BCUT2D eigenvalue weighted by Crippen LogP contribution is 2.29. The lowest BCUT2D eigenvalue weighted by Gasteiger charge is -2.23. The highest BCUT2D eigenvalue weighted by Gasteiger charge is 2.34. The molecule has 3 rings (SSSR count).